The Morgan fingerprint density at radius 1 is 1.00 bits per heavy atom. The Morgan fingerprint density at radius 2 is 1.76 bits per heavy atom. The Hall–Kier alpha value is -2.20. The number of para-hydroxylation sites is 1. The van der Waals surface area contributed by atoms with Crippen molar-refractivity contribution < 1.29 is 4.79 Å². The minimum absolute atomic E-state index is 0.0228. The fourth-order valence-electron chi connectivity index (χ4n) is 3.60. The van der Waals surface area contributed by atoms with Crippen molar-refractivity contribution in [3.8, 4) is 0 Å². The maximum atomic E-state index is 13.5. The molecular weight excluding hydrogens is 376 g/mol. The zero-order valence-electron chi connectivity index (χ0n) is 17.5. The van der Waals surface area contributed by atoms with E-state index >= 15 is 0 Å². The first-order valence-electron chi connectivity index (χ1n) is 10.8. The van der Waals surface area contributed by atoms with Crippen LogP contribution < -0.4 is 4.90 Å². The minimum Gasteiger partial charge on any atom is -0.353 e. The largest absolute Gasteiger partial charge is 0.353 e. The molecule has 3 nitrogen and oxygen atoms in total. The molecule has 0 aliphatic rings. The first-order chi connectivity index (χ1) is 14.2. The van der Waals surface area contributed by atoms with E-state index in [1.54, 1.807) is 11.8 Å². The summed E-state index contributed by atoms with van der Waals surface area (Å²) in [5.74, 6) is 1.03. The average molecular weight is 408 g/mol. The third-order valence-electron chi connectivity index (χ3n) is 5.16. The highest BCUT2D eigenvalue weighted by atomic mass is 32.2. The lowest BCUT2D eigenvalue weighted by Gasteiger charge is -2.22. The lowest BCUT2D eigenvalue weighted by atomic mass is 10.1. The van der Waals surface area contributed by atoms with E-state index in [1.807, 2.05) is 41.3 Å². The fourth-order valence-corrected chi connectivity index (χ4v) is 4.30. The van der Waals surface area contributed by atoms with Crippen molar-refractivity contribution in [3.05, 3.63) is 60.3 Å². The second-order valence-corrected chi connectivity index (χ2v) is 8.66. The number of aromatic amines is 1. The molecule has 1 heterocycles. The molecule has 0 saturated heterocycles. The van der Waals surface area contributed by atoms with Gasteiger partial charge in [-0.15, -0.1) is 11.8 Å². The predicted molar refractivity (Wildman–Crippen MR) is 125 cm³/mol. The molecule has 0 atom stereocenters. The lowest BCUT2D eigenvalue weighted by Crippen LogP contribution is -2.31. The molecule has 3 rings (SSSR count). The van der Waals surface area contributed by atoms with Crippen LogP contribution in [0.3, 0.4) is 0 Å². The number of fused-ring (bicyclic) bond motifs is 1. The summed E-state index contributed by atoms with van der Waals surface area (Å²) < 4.78 is 0. The van der Waals surface area contributed by atoms with Gasteiger partial charge in [-0.1, -0.05) is 64.2 Å². The summed E-state index contributed by atoms with van der Waals surface area (Å²) in [6, 6.07) is 16.3. The van der Waals surface area contributed by atoms with E-state index in [9.17, 15) is 4.79 Å². The zero-order chi connectivity index (χ0) is 20.5. The second kappa shape index (κ2) is 11.1. The molecule has 1 radical (unpaired) electrons. The molecule has 0 saturated carbocycles. The molecule has 4 heteroatoms. The van der Waals surface area contributed by atoms with Crippen LogP contribution in [0.1, 0.15) is 62.7 Å². The number of nitrogens with one attached hydrogen (secondary N) is 1. The molecule has 0 aliphatic carbocycles. The molecular formula is C25H31N2OS. The maximum Gasteiger partial charge on any atom is 0.261 e. The number of amides is 1. The SMILES string of the molecule is CCCCCCCCN(C(=O)c1[c][nH]c2ccc(SCC)cc12)c1ccccc1. The van der Waals surface area contributed by atoms with E-state index in [2.05, 4.69) is 37.2 Å². The van der Waals surface area contributed by atoms with Gasteiger partial charge in [0.25, 0.3) is 5.91 Å². The van der Waals surface area contributed by atoms with Gasteiger partial charge in [0, 0.05) is 28.0 Å². The van der Waals surface area contributed by atoms with Gasteiger partial charge in [-0.2, -0.15) is 0 Å². The number of carbonyl (C=O) groups is 1. The number of H-pyrrole nitrogens is 1. The van der Waals surface area contributed by atoms with Crippen LogP contribution in [-0.2, 0) is 0 Å². The molecule has 1 amide bonds. The fraction of sp³-hybridized carbons (Fsp3) is 0.400. The van der Waals surface area contributed by atoms with Gasteiger partial charge >= 0.3 is 0 Å². The normalized spacial score (nSPS) is 11.1. The first-order valence-corrected chi connectivity index (χ1v) is 11.8. The van der Waals surface area contributed by atoms with Gasteiger partial charge in [0.05, 0.1) is 11.8 Å². The van der Waals surface area contributed by atoms with Crippen molar-refractivity contribution in [2.45, 2.75) is 57.3 Å². The van der Waals surface area contributed by atoms with Crippen molar-refractivity contribution in [1.29, 1.82) is 0 Å². The van der Waals surface area contributed by atoms with Gasteiger partial charge < -0.3 is 9.88 Å². The number of nitrogens with zero attached hydrogens (tertiary/aromatic N) is 1. The van der Waals surface area contributed by atoms with E-state index in [-0.39, 0.29) is 5.91 Å². The van der Waals surface area contributed by atoms with Crippen LogP contribution in [0.2, 0.25) is 0 Å². The Morgan fingerprint density at radius 3 is 2.52 bits per heavy atom. The van der Waals surface area contributed by atoms with Gasteiger partial charge in [-0.3, -0.25) is 4.79 Å². The van der Waals surface area contributed by atoms with Crippen LogP contribution in [0.25, 0.3) is 10.9 Å². The third kappa shape index (κ3) is 5.66. The van der Waals surface area contributed by atoms with E-state index in [1.165, 1.54) is 30.6 Å². The van der Waals surface area contributed by atoms with E-state index in [0.29, 0.717) is 5.56 Å². The summed E-state index contributed by atoms with van der Waals surface area (Å²) in [7, 11) is 0. The highest BCUT2D eigenvalue weighted by Crippen LogP contribution is 2.27. The van der Waals surface area contributed by atoms with Gasteiger partial charge in [0.15, 0.2) is 0 Å². The van der Waals surface area contributed by atoms with Crippen LogP contribution in [0.5, 0.6) is 0 Å². The number of unbranched alkanes of at least 4 members (excludes halogenated alkanes) is 5. The Kier molecular flexibility index (Phi) is 8.24. The van der Waals surface area contributed by atoms with Crippen LogP contribution in [-0.4, -0.2) is 23.2 Å². The highest BCUT2D eigenvalue weighted by molar-refractivity contribution is 7.99. The lowest BCUT2D eigenvalue weighted by molar-refractivity contribution is 0.0988. The summed E-state index contributed by atoms with van der Waals surface area (Å²) in [4.78, 5) is 19.8. The van der Waals surface area contributed by atoms with Gasteiger partial charge in [-0.25, -0.2) is 0 Å². The third-order valence-corrected chi connectivity index (χ3v) is 6.03. The number of thioether (sulfide) groups is 1. The molecule has 153 valence electrons. The highest BCUT2D eigenvalue weighted by Gasteiger charge is 2.21. The van der Waals surface area contributed by atoms with Crippen molar-refractivity contribution in [2.75, 3.05) is 17.2 Å². The standard InChI is InChI=1S/C25H31N2OS/c1-3-5-6-7-8-12-17-27(20-13-10-9-11-14-20)25(28)23-19-26-24-16-15-21(29-4-2)18-22(23)24/h9-11,13-16,18,26H,3-8,12,17H2,1-2H3. The monoisotopic (exact) mass is 407 g/mol. The summed E-state index contributed by atoms with van der Waals surface area (Å²) in [6.45, 7) is 5.11. The van der Waals surface area contributed by atoms with E-state index in [4.69, 9.17) is 0 Å². The van der Waals surface area contributed by atoms with Crippen LogP contribution in [0, 0.1) is 6.20 Å². The summed E-state index contributed by atoms with van der Waals surface area (Å²) in [5.41, 5.74) is 2.54. The quantitative estimate of drug-likeness (QED) is 0.272. The number of carbonyl (C=O) groups excluding carboxylic acids is 1. The number of hydrogen-bond donors (Lipinski definition) is 1. The predicted octanol–water partition coefficient (Wildman–Crippen LogP) is 7.09. The van der Waals surface area contributed by atoms with E-state index < -0.39 is 0 Å². The molecule has 0 unspecified atom stereocenters. The van der Waals surface area contributed by atoms with Gasteiger partial charge in [0.1, 0.15) is 0 Å². The molecule has 0 spiro atoms. The smallest absolute Gasteiger partial charge is 0.261 e. The van der Waals surface area contributed by atoms with Crippen molar-refractivity contribution >= 4 is 34.3 Å². The molecule has 1 aromatic heterocycles. The van der Waals surface area contributed by atoms with Crippen molar-refractivity contribution in [1.82, 2.24) is 4.98 Å². The zero-order valence-corrected chi connectivity index (χ0v) is 18.4. The molecule has 0 bridgehead atoms. The average Bonchev–Trinajstić information content (AvgIpc) is 3.17. The molecule has 29 heavy (non-hydrogen) atoms. The van der Waals surface area contributed by atoms with Gasteiger partial charge in [-0.05, 0) is 42.5 Å². The summed E-state index contributed by atoms with van der Waals surface area (Å²) in [5, 5.41) is 0.956. The Balaban J connectivity index is 1.80. The maximum absolute atomic E-state index is 13.5. The number of hydrogen-bond acceptors (Lipinski definition) is 2. The minimum atomic E-state index is 0.0228. The number of aromatic nitrogens is 1. The van der Waals surface area contributed by atoms with Crippen LogP contribution in [0.4, 0.5) is 5.69 Å². The topological polar surface area (TPSA) is 36.1 Å². The number of anilines is 1. The van der Waals surface area contributed by atoms with Crippen LogP contribution in [0.15, 0.2) is 53.4 Å². The molecule has 1 N–H and O–H groups in total. The molecule has 0 aliphatic heterocycles. The van der Waals surface area contributed by atoms with Gasteiger partial charge in [0.2, 0.25) is 0 Å². The Labute approximate surface area is 178 Å². The van der Waals surface area contributed by atoms with Crippen molar-refractivity contribution in [2.24, 2.45) is 0 Å². The first kappa shape index (κ1) is 21.5. The molecule has 3 aromatic rings. The summed E-state index contributed by atoms with van der Waals surface area (Å²) >= 11 is 1.79. The molecule has 2 aromatic carbocycles. The van der Waals surface area contributed by atoms with E-state index in [0.717, 1.165) is 41.7 Å². The van der Waals surface area contributed by atoms with Crippen molar-refractivity contribution in [3.63, 3.8) is 0 Å². The Bertz CT molecular complexity index is 904. The number of benzene rings is 2. The molecule has 0 fully saturated rings. The second-order valence-electron chi connectivity index (χ2n) is 7.33. The van der Waals surface area contributed by atoms with Crippen LogP contribution >= 0.6 is 11.8 Å². The summed E-state index contributed by atoms with van der Waals surface area (Å²) in [6.07, 6.45) is 10.4. The number of rotatable bonds is 11.